The van der Waals surface area contributed by atoms with Crippen molar-refractivity contribution in [2.45, 2.75) is 4.90 Å². The highest BCUT2D eigenvalue weighted by molar-refractivity contribution is 7.92. The second-order valence-electron chi connectivity index (χ2n) is 6.67. The SMILES string of the molecule is CN(C)CCN(C(=O)CS(=O)(=O)c1ccc(F)cc1)c1nc2ccc(Cl)cc2s1. The molecule has 0 aliphatic heterocycles. The van der Waals surface area contributed by atoms with Crippen LogP contribution in [0.3, 0.4) is 0 Å². The Morgan fingerprint density at radius 1 is 1.14 bits per heavy atom. The summed E-state index contributed by atoms with van der Waals surface area (Å²) in [5.74, 6) is -1.87. The number of sulfone groups is 1. The first-order valence-corrected chi connectivity index (χ1v) is 11.5. The summed E-state index contributed by atoms with van der Waals surface area (Å²) >= 11 is 7.29. The molecule has 6 nitrogen and oxygen atoms in total. The third-order valence-electron chi connectivity index (χ3n) is 4.13. The van der Waals surface area contributed by atoms with Gasteiger partial charge in [-0.1, -0.05) is 22.9 Å². The lowest BCUT2D eigenvalue weighted by Crippen LogP contribution is -2.40. The van der Waals surface area contributed by atoms with Gasteiger partial charge in [-0.05, 0) is 56.6 Å². The van der Waals surface area contributed by atoms with Crippen LogP contribution in [0, 0.1) is 5.82 Å². The van der Waals surface area contributed by atoms with Gasteiger partial charge in [0.2, 0.25) is 5.91 Å². The lowest BCUT2D eigenvalue weighted by atomic mass is 10.3. The first-order valence-electron chi connectivity index (χ1n) is 8.65. The van der Waals surface area contributed by atoms with Gasteiger partial charge in [0.1, 0.15) is 11.6 Å². The summed E-state index contributed by atoms with van der Waals surface area (Å²) in [6, 6.07) is 9.63. The fourth-order valence-electron chi connectivity index (χ4n) is 2.59. The van der Waals surface area contributed by atoms with E-state index in [0.29, 0.717) is 22.2 Å². The predicted octanol–water partition coefficient (Wildman–Crippen LogP) is 3.46. The van der Waals surface area contributed by atoms with Crippen LogP contribution in [-0.4, -0.2) is 57.1 Å². The minimum Gasteiger partial charge on any atom is -0.308 e. The molecule has 0 bridgehead atoms. The summed E-state index contributed by atoms with van der Waals surface area (Å²) in [5, 5.41) is 0.959. The number of aromatic nitrogens is 1. The number of carbonyl (C=O) groups excluding carboxylic acids is 1. The standard InChI is InChI=1S/C19H19ClFN3O3S2/c1-23(2)9-10-24(19-22-16-8-3-13(20)11-17(16)28-19)18(25)12-29(26,27)15-6-4-14(21)5-7-15/h3-8,11H,9-10,12H2,1-2H3. The molecule has 1 aromatic heterocycles. The molecular formula is C19H19ClFN3O3S2. The number of halogens is 2. The molecular weight excluding hydrogens is 437 g/mol. The van der Waals surface area contributed by atoms with E-state index in [1.54, 1.807) is 18.2 Å². The molecule has 3 rings (SSSR count). The number of rotatable bonds is 7. The maximum Gasteiger partial charge on any atom is 0.244 e. The quantitative estimate of drug-likeness (QED) is 0.510. The van der Waals surface area contributed by atoms with Crippen molar-refractivity contribution < 1.29 is 17.6 Å². The smallest absolute Gasteiger partial charge is 0.244 e. The third kappa shape index (κ3) is 5.30. The van der Waals surface area contributed by atoms with E-state index in [4.69, 9.17) is 11.6 Å². The second kappa shape index (κ2) is 8.74. The van der Waals surface area contributed by atoms with E-state index >= 15 is 0 Å². The molecule has 0 spiro atoms. The summed E-state index contributed by atoms with van der Waals surface area (Å²) in [4.78, 5) is 20.6. The van der Waals surface area contributed by atoms with E-state index in [2.05, 4.69) is 4.98 Å². The van der Waals surface area contributed by atoms with Gasteiger partial charge in [0.25, 0.3) is 0 Å². The Bertz CT molecular complexity index is 1130. The Morgan fingerprint density at radius 2 is 1.83 bits per heavy atom. The monoisotopic (exact) mass is 455 g/mol. The Morgan fingerprint density at radius 3 is 2.48 bits per heavy atom. The van der Waals surface area contributed by atoms with Crippen LogP contribution in [0.5, 0.6) is 0 Å². The van der Waals surface area contributed by atoms with Crippen LogP contribution in [0.25, 0.3) is 10.2 Å². The highest BCUT2D eigenvalue weighted by Crippen LogP contribution is 2.31. The summed E-state index contributed by atoms with van der Waals surface area (Å²) in [7, 11) is -0.206. The van der Waals surface area contributed by atoms with Crippen molar-refractivity contribution >= 4 is 54.0 Å². The molecule has 154 valence electrons. The largest absolute Gasteiger partial charge is 0.308 e. The average molecular weight is 456 g/mol. The number of thiazole rings is 1. The van der Waals surface area contributed by atoms with Crippen LogP contribution >= 0.6 is 22.9 Å². The van der Waals surface area contributed by atoms with Gasteiger partial charge in [-0.3, -0.25) is 9.69 Å². The molecule has 0 atom stereocenters. The van der Waals surface area contributed by atoms with Gasteiger partial charge in [0.15, 0.2) is 15.0 Å². The van der Waals surface area contributed by atoms with E-state index in [9.17, 15) is 17.6 Å². The van der Waals surface area contributed by atoms with Crippen LogP contribution < -0.4 is 4.90 Å². The third-order valence-corrected chi connectivity index (χ3v) is 7.02. The van der Waals surface area contributed by atoms with Gasteiger partial charge in [0.05, 0.1) is 15.1 Å². The second-order valence-corrected chi connectivity index (χ2v) is 10.1. The lowest BCUT2D eigenvalue weighted by Gasteiger charge is -2.22. The molecule has 1 heterocycles. The molecule has 0 N–H and O–H groups in total. The molecule has 0 radical (unpaired) electrons. The number of fused-ring (bicyclic) bond motifs is 1. The molecule has 0 saturated heterocycles. The Hall–Kier alpha value is -2.07. The molecule has 1 amide bonds. The zero-order chi connectivity index (χ0) is 21.2. The topological polar surface area (TPSA) is 70.6 Å². The Labute approximate surface area is 177 Å². The molecule has 10 heteroatoms. The fourth-order valence-corrected chi connectivity index (χ4v) is 5.08. The molecule has 0 aliphatic carbocycles. The maximum absolute atomic E-state index is 13.1. The molecule has 0 fully saturated rings. The fraction of sp³-hybridized carbons (Fsp3) is 0.263. The molecule has 0 unspecified atom stereocenters. The van der Waals surface area contributed by atoms with Crippen LogP contribution in [0.15, 0.2) is 47.4 Å². The van der Waals surface area contributed by atoms with Crippen molar-refractivity contribution in [3.63, 3.8) is 0 Å². The van der Waals surface area contributed by atoms with Crippen molar-refractivity contribution in [1.82, 2.24) is 9.88 Å². The van der Waals surface area contributed by atoms with E-state index in [1.165, 1.54) is 16.2 Å². The summed E-state index contributed by atoms with van der Waals surface area (Å²) in [6.45, 7) is 0.803. The number of amides is 1. The summed E-state index contributed by atoms with van der Waals surface area (Å²) in [5.41, 5.74) is 0.679. The Balaban J connectivity index is 1.90. The van der Waals surface area contributed by atoms with Crippen molar-refractivity contribution in [2.75, 3.05) is 37.8 Å². The van der Waals surface area contributed by atoms with Crippen molar-refractivity contribution in [3.8, 4) is 0 Å². The summed E-state index contributed by atoms with van der Waals surface area (Å²) in [6.07, 6.45) is 0. The molecule has 0 aliphatic rings. The van der Waals surface area contributed by atoms with E-state index in [1.807, 2.05) is 19.0 Å². The molecule has 2 aromatic carbocycles. The number of likely N-dealkylation sites (N-methyl/N-ethyl adjacent to an activating group) is 1. The van der Waals surface area contributed by atoms with Gasteiger partial charge >= 0.3 is 0 Å². The summed E-state index contributed by atoms with van der Waals surface area (Å²) < 4.78 is 39.2. The Kier molecular flexibility index (Phi) is 6.52. The van der Waals surface area contributed by atoms with Crippen molar-refractivity contribution in [2.24, 2.45) is 0 Å². The van der Waals surface area contributed by atoms with Gasteiger partial charge in [-0.15, -0.1) is 0 Å². The highest BCUT2D eigenvalue weighted by atomic mass is 35.5. The van der Waals surface area contributed by atoms with Crippen molar-refractivity contribution in [1.29, 1.82) is 0 Å². The van der Waals surface area contributed by atoms with Crippen molar-refractivity contribution in [3.05, 3.63) is 53.3 Å². The highest BCUT2D eigenvalue weighted by Gasteiger charge is 2.26. The number of hydrogen-bond acceptors (Lipinski definition) is 6. The average Bonchev–Trinajstić information content (AvgIpc) is 3.04. The number of anilines is 1. The number of benzene rings is 2. The molecule has 3 aromatic rings. The lowest BCUT2D eigenvalue weighted by molar-refractivity contribution is -0.116. The van der Waals surface area contributed by atoms with Gasteiger partial charge < -0.3 is 4.90 Å². The zero-order valence-electron chi connectivity index (χ0n) is 15.8. The van der Waals surface area contributed by atoms with Gasteiger partial charge in [-0.2, -0.15) is 0 Å². The van der Waals surface area contributed by atoms with E-state index in [0.717, 1.165) is 29.0 Å². The van der Waals surface area contributed by atoms with E-state index in [-0.39, 0.29) is 11.4 Å². The van der Waals surface area contributed by atoms with Crippen LogP contribution in [0.2, 0.25) is 5.02 Å². The predicted molar refractivity (Wildman–Crippen MR) is 114 cm³/mol. The first-order chi connectivity index (χ1) is 13.7. The number of carbonyl (C=O) groups is 1. The van der Waals surface area contributed by atoms with Gasteiger partial charge in [-0.25, -0.2) is 17.8 Å². The van der Waals surface area contributed by atoms with Gasteiger partial charge in [0, 0.05) is 18.1 Å². The normalized spacial score (nSPS) is 11.9. The number of nitrogens with zero attached hydrogens (tertiary/aromatic N) is 3. The van der Waals surface area contributed by atoms with Crippen LogP contribution in [0.1, 0.15) is 0 Å². The minimum absolute atomic E-state index is 0.101. The zero-order valence-corrected chi connectivity index (χ0v) is 18.2. The van der Waals surface area contributed by atoms with E-state index < -0.39 is 27.3 Å². The number of hydrogen-bond donors (Lipinski definition) is 0. The minimum atomic E-state index is -3.92. The van der Waals surface area contributed by atoms with Crippen LogP contribution in [-0.2, 0) is 14.6 Å². The maximum atomic E-state index is 13.1. The van der Waals surface area contributed by atoms with Crippen LogP contribution in [0.4, 0.5) is 9.52 Å². The first kappa shape index (κ1) is 21.6. The molecule has 0 saturated carbocycles. The molecule has 29 heavy (non-hydrogen) atoms.